The van der Waals surface area contributed by atoms with Crippen LogP contribution in [0.25, 0.3) is 6.08 Å². The Morgan fingerprint density at radius 1 is 1.22 bits per heavy atom. The monoisotopic (exact) mass is 242 g/mol. The Morgan fingerprint density at radius 3 is 2.83 bits per heavy atom. The van der Waals surface area contributed by atoms with E-state index < -0.39 is 0 Å². The molecule has 18 heavy (non-hydrogen) atoms. The van der Waals surface area contributed by atoms with E-state index in [4.69, 9.17) is 10.6 Å². The van der Waals surface area contributed by atoms with E-state index in [2.05, 4.69) is 15.4 Å². The highest BCUT2D eigenvalue weighted by atomic mass is 16.5. The summed E-state index contributed by atoms with van der Waals surface area (Å²) in [5, 5.41) is 0. The second kappa shape index (κ2) is 6.36. The Labute approximate surface area is 105 Å². The van der Waals surface area contributed by atoms with Crippen LogP contribution >= 0.6 is 0 Å². The van der Waals surface area contributed by atoms with Crippen LogP contribution in [0.4, 0.5) is 5.82 Å². The van der Waals surface area contributed by atoms with E-state index in [1.165, 1.54) is 12.4 Å². The highest BCUT2D eigenvalue weighted by Crippen LogP contribution is 2.08. The maximum atomic E-state index is 5.41. The number of benzene rings is 1. The number of nitrogens with two attached hydrogens (primary N) is 1. The van der Waals surface area contributed by atoms with Crippen LogP contribution in [0.5, 0.6) is 5.88 Å². The molecule has 2 aromatic rings. The van der Waals surface area contributed by atoms with Gasteiger partial charge in [0.25, 0.3) is 0 Å². The summed E-state index contributed by atoms with van der Waals surface area (Å²) in [6, 6.07) is 10.0. The predicted molar refractivity (Wildman–Crippen MR) is 70.8 cm³/mol. The summed E-state index contributed by atoms with van der Waals surface area (Å²) >= 11 is 0. The zero-order valence-corrected chi connectivity index (χ0v) is 9.78. The molecule has 0 saturated carbocycles. The Balaban J connectivity index is 1.86. The molecule has 5 nitrogen and oxygen atoms in total. The van der Waals surface area contributed by atoms with Crippen molar-refractivity contribution >= 4 is 11.9 Å². The number of anilines is 1. The number of rotatable bonds is 5. The molecule has 0 amide bonds. The minimum atomic E-state index is 0.428. The molecule has 0 atom stereocenters. The van der Waals surface area contributed by atoms with Crippen LogP contribution in [0, 0.1) is 0 Å². The van der Waals surface area contributed by atoms with Gasteiger partial charge in [-0.25, -0.2) is 5.84 Å². The van der Waals surface area contributed by atoms with Gasteiger partial charge in [-0.05, 0) is 11.6 Å². The fraction of sp³-hybridized carbons (Fsp3) is 0.0769. The fourth-order valence-electron chi connectivity index (χ4n) is 1.37. The molecule has 0 radical (unpaired) electrons. The van der Waals surface area contributed by atoms with Gasteiger partial charge >= 0.3 is 0 Å². The summed E-state index contributed by atoms with van der Waals surface area (Å²) in [5.74, 6) is 6.13. The molecule has 0 spiro atoms. The Bertz CT molecular complexity index is 513. The smallest absolute Gasteiger partial charge is 0.234 e. The van der Waals surface area contributed by atoms with Gasteiger partial charge in [0.1, 0.15) is 6.61 Å². The molecule has 92 valence electrons. The molecule has 1 heterocycles. The largest absolute Gasteiger partial charge is 0.472 e. The molecule has 3 N–H and O–H groups in total. The van der Waals surface area contributed by atoms with E-state index in [-0.39, 0.29) is 0 Å². The molecule has 1 aromatic heterocycles. The van der Waals surface area contributed by atoms with E-state index in [1.807, 2.05) is 42.5 Å². The highest BCUT2D eigenvalue weighted by Gasteiger charge is 1.96. The zero-order chi connectivity index (χ0) is 12.6. The number of ether oxygens (including phenoxy) is 1. The molecule has 2 rings (SSSR count). The van der Waals surface area contributed by atoms with Gasteiger partial charge in [0.05, 0.1) is 12.4 Å². The van der Waals surface area contributed by atoms with Crippen molar-refractivity contribution < 1.29 is 4.74 Å². The van der Waals surface area contributed by atoms with Crippen molar-refractivity contribution in [3.8, 4) is 5.88 Å². The number of nitrogens with one attached hydrogen (secondary N) is 1. The highest BCUT2D eigenvalue weighted by molar-refractivity contribution is 5.48. The summed E-state index contributed by atoms with van der Waals surface area (Å²) in [5.41, 5.74) is 3.54. The van der Waals surface area contributed by atoms with Crippen LogP contribution in [0.15, 0.2) is 48.8 Å². The molecular weight excluding hydrogens is 228 g/mol. The lowest BCUT2D eigenvalue weighted by atomic mass is 10.2. The van der Waals surface area contributed by atoms with Gasteiger partial charge in [-0.15, -0.1) is 0 Å². The van der Waals surface area contributed by atoms with Crippen molar-refractivity contribution in [2.75, 3.05) is 12.0 Å². The van der Waals surface area contributed by atoms with Crippen molar-refractivity contribution in [2.45, 2.75) is 0 Å². The van der Waals surface area contributed by atoms with Gasteiger partial charge in [-0.1, -0.05) is 36.4 Å². The van der Waals surface area contributed by atoms with Gasteiger partial charge in [-0.2, -0.15) is 4.98 Å². The molecule has 5 heteroatoms. The Kier molecular flexibility index (Phi) is 4.27. The van der Waals surface area contributed by atoms with E-state index in [1.54, 1.807) is 0 Å². The van der Waals surface area contributed by atoms with Crippen molar-refractivity contribution in [3.63, 3.8) is 0 Å². The maximum absolute atomic E-state index is 5.41. The first kappa shape index (κ1) is 12.1. The average molecular weight is 242 g/mol. The van der Waals surface area contributed by atoms with Crippen molar-refractivity contribution in [1.29, 1.82) is 0 Å². The number of hydrazine groups is 1. The van der Waals surface area contributed by atoms with E-state index >= 15 is 0 Å². The number of hydrogen-bond donors (Lipinski definition) is 2. The lowest BCUT2D eigenvalue weighted by molar-refractivity contribution is 0.348. The number of aromatic nitrogens is 2. The van der Waals surface area contributed by atoms with Gasteiger partial charge in [0.15, 0.2) is 5.82 Å². The second-order valence-corrected chi connectivity index (χ2v) is 3.51. The maximum Gasteiger partial charge on any atom is 0.234 e. The standard InChI is InChI=1S/C13H14N4O/c14-17-12-9-15-10-13(16-12)18-8-4-7-11-5-2-1-3-6-11/h1-7,9-10H,8,14H2,(H,16,17)/b7-4+. The number of hydrogen-bond acceptors (Lipinski definition) is 5. The van der Waals surface area contributed by atoms with Crippen LogP contribution in [-0.4, -0.2) is 16.6 Å². The summed E-state index contributed by atoms with van der Waals surface area (Å²) in [4.78, 5) is 8.02. The zero-order valence-electron chi connectivity index (χ0n) is 9.78. The Hall–Kier alpha value is -2.40. The van der Waals surface area contributed by atoms with Gasteiger partial charge in [0.2, 0.25) is 5.88 Å². The quantitative estimate of drug-likeness (QED) is 0.618. The lowest BCUT2D eigenvalue weighted by Crippen LogP contribution is -2.09. The molecular formula is C13H14N4O. The molecule has 0 unspecified atom stereocenters. The van der Waals surface area contributed by atoms with E-state index in [0.29, 0.717) is 18.3 Å². The van der Waals surface area contributed by atoms with Gasteiger partial charge in [-0.3, -0.25) is 4.98 Å². The molecule has 0 fully saturated rings. The molecule has 1 aromatic carbocycles. The van der Waals surface area contributed by atoms with Crippen molar-refractivity contribution in [2.24, 2.45) is 5.84 Å². The summed E-state index contributed by atoms with van der Waals surface area (Å²) < 4.78 is 5.41. The topological polar surface area (TPSA) is 73.1 Å². The van der Waals surface area contributed by atoms with Crippen LogP contribution in [0.2, 0.25) is 0 Å². The first-order chi connectivity index (χ1) is 8.88. The van der Waals surface area contributed by atoms with Crippen LogP contribution in [0.3, 0.4) is 0 Å². The first-order valence-electron chi connectivity index (χ1n) is 5.51. The summed E-state index contributed by atoms with van der Waals surface area (Å²) in [6.07, 6.45) is 6.96. The molecule has 0 aliphatic heterocycles. The third-order valence-electron chi connectivity index (χ3n) is 2.20. The minimum Gasteiger partial charge on any atom is -0.472 e. The van der Waals surface area contributed by atoms with E-state index in [0.717, 1.165) is 5.56 Å². The van der Waals surface area contributed by atoms with Crippen LogP contribution in [0.1, 0.15) is 5.56 Å². The molecule has 0 aliphatic carbocycles. The van der Waals surface area contributed by atoms with Crippen molar-refractivity contribution in [3.05, 3.63) is 54.4 Å². The normalized spacial score (nSPS) is 10.5. The van der Waals surface area contributed by atoms with Gasteiger partial charge in [0, 0.05) is 0 Å². The van der Waals surface area contributed by atoms with Crippen LogP contribution in [-0.2, 0) is 0 Å². The molecule has 0 bridgehead atoms. The summed E-state index contributed by atoms with van der Waals surface area (Å²) in [6.45, 7) is 0.428. The van der Waals surface area contributed by atoms with Crippen molar-refractivity contribution in [1.82, 2.24) is 9.97 Å². The van der Waals surface area contributed by atoms with Crippen LogP contribution < -0.4 is 16.0 Å². The second-order valence-electron chi connectivity index (χ2n) is 3.51. The average Bonchev–Trinajstić information content (AvgIpc) is 2.45. The van der Waals surface area contributed by atoms with E-state index in [9.17, 15) is 0 Å². The molecule has 0 saturated heterocycles. The number of nitrogens with zero attached hydrogens (tertiary/aromatic N) is 2. The minimum absolute atomic E-state index is 0.428. The summed E-state index contributed by atoms with van der Waals surface area (Å²) in [7, 11) is 0. The number of nitrogen functional groups attached to an aromatic ring is 1. The predicted octanol–water partition coefficient (Wildman–Crippen LogP) is 1.85. The third-order valence-corrected chi connectivity index (χ3v) is 2.20. The third kappa shape index (κ3) is 3.57. The first-order valence-corrected chi connectivity index (χ1v) is 5.51. The fourth-order valence-corrected chi connectivity index (χ4v) is 1.37. The van der Waals surface area contributed by atoms with Gasteiger partial charge < -0.3 is 10.2 Å². The Morgan fingerprint density at radius 2 is 2.06 bits per heavy atom. The molecule has 0 aliphatic rings. The lowest BCUT2D eigenvalue weighted by Gasteiger charge is -2.03. The SMILES string of the molecule is NNc1cncc(OC/C=C/c2ccccc2)n1.